The summed E-state index contributed by atoms with van der Waals surface area (Å²) in [5.74, 6) is 0.769. The summed E-state index contributed by atoms with van der Waals surface area (Å²) >= 11 is 0. The summed E-state index contributed by atoms with van der Waals surface area (Å²) in [6.07, 6.45) is 1.84. The SMILES string of the molecule is Cc1cccc(-c2nc(C)ncc2Nc2ccccc2)c1. The molecule has 0 aliphatic heterocycles. The van der Waals surface area contributed by atoms with Gasteiger partial charge in [-0.2, -0.15) is 0 Å². The van der Waals surface area contributed by atoms with Crippen LogP contribution in [0.5, 0.6) is 0 Å². The Hall–Kier alpha value is -2.68. The third-order valence-electron chi connectivity index (χ3n) is 3.25. The van der Waals surface area contributed by atoms with E-state index in [0.717, 1.165) is 28.5 Å². The second-order valence-corrected chi connectivity index (χ2v) is 5.04. The summed E-state index contributed by atoms with van der Waals surface area (Å²) in [6, 6.07) is 18.4. The maximum absolute atomic E-state index is 4.61. The molecule has 21 heavy (non-hydrogen) atoms. The smallest absolute Gasteiger partial charge is 0.126 e. The lowest BCUT2D eigenvalue weighted by molar-refractivity contribution is 1.06. The molecule has 3 rings (SSSR count). The highest BCUT2D eigenvalue weighted by Gasteiger charge is 2.09. The van der Waals surface area contributed by atoms with Crippen LogP contribution in [0.1, 0.15) is 11.4 Å². The van der Waals surface area contributed by atoms with Gasteiger partial charge >= 0.3 is 0 Å². The van der Waals surface area contributed by atoms with Gasteiger partial charge in [-0.15, -0.1) is 0 Å². The molecular formula is C18H17N3. The summed E-state index contributed by atoms with van der Waals surface area (Å²) in [4.78, 5) is 8.92. The molecule has 0 unspecified atom stereocenters. The highest BCUT2D eigenvalue weighted by atomic mass is 15.0. The van der Waals surface area contributed by atoms with E-state index in [1.807, 2.05) is 43.5 Å². The van der Waals surface area contributed by atoms with E-state index in [-0.39, 0.29) is 0 Å². The van der Waals surface area contributed by atoms with E-state index in [9.17, 15) is 0 Å². The van der Waals surface area contributed by atoms with Gasteiger partial charge in [-0.1, -0.05) is 42.0 Å². The average molecular weight is 275 g/mol. The summed E-state index contributed by atoms with van der Waals surface area (Å²) < 4.78 is 0. The Balaban J connectivity index is 2.05. The van der Waals surface area contributed by atoms with Gasteiger partial charge in [0.2, 0.25) is 0 Å². The zero-order valence-corrected chi connectivity index (χ0v) is 12.2. The number of hydrogen-bond donors (Lipinski definition) is 1. The van der Waals surface area contributed by atoms with Gasteiger partial charge in [-0.25, -0.2) is 9.97 Å². The number of aromatic nitrogens is 2. The Morgan fingerprint density at radius 1 is 0.905 bits per heavy atom. The molecule has 2 aromatic carbocycles. The van der Waals surface area contributed by atoms with E-state index in [4.69, 9.17) is 0 Å². The predicted molar refractivity (Wildman–Crippen MR) is 86.7 cm³/mol. The van der Waals surface area contributed by atoms with Crippen LogP contribution in [0.3, 0.4) is 0 Å². The standard InChI is InChI=1S/C18H17N3/c1-13-7-6-8-15(11-13)18-17(12-19-14(2)20-18)21-16-9-4-3-5-10-16/h3-12,21H,1-2H3. The predicted octanol–water partition coefficient (Wildman–Crippen LogP) is 4.50. The molecule has 3 nitrogen and oxygen atoms in total. The number of anilines is 2. The average Bonchev–Trinajstić information content (AvgIpc) is 2.50. The lowest BCUT2D eigenvalue weighted by atomic mass is 10.1. The molecule has 0 radical (unpaired) electrons. The van der Waals surface area contributed by atoms with Gasteiger partial charge in [-0.3, -0.25) is 0 Å². The quantitative estimate of drug-likeness (QED) is 0.764. The molecule has 3 aromatic rings. The van der Waals surface area contributed by atoms with Gasteiger partial charge in [0.25, 0.3) is 0 Å². The number of hydrogen-bond acceptors (Lipinski definition) is 3. The number of benzene rings is 2. The van der Waals surface area contributed by atoms with Crippen molar-refractivity contribution in [2.75, 3.05) is 5.32 Å². The molecule has 0 fully saturated rings. The normalized spacial score (nSPS) is 10.4. The Kier molecular flexibility index (Phi) is 3.65. The molecule has 0 aliphatic rings. The Bertz CT molecular complexity index is 751. The monoisotopic (exact) mass is 275 g/mol. The van der Waals surface area contributed by atoms with Crippen LogP contribution >= 0.6 is 0 Å². The third-order valence-corrected chi connectivity index (χ3v) is 3.25. The zero-order chi connectivity index (χ0) is 14.7. The molecule has 1 aromatic heterocycles. The number of aryl methyl sites for hydroxylation is 2. The molecule has 104 valence electrons. The Labute approximate surface area is 124 Å². The van der Waals surface area contributed by atoms with Gasteiger partial charge in [0.15, 0.2) is 0 Å². The highest BCUT2D eigenvalue weighted by Crippen LogP contribution is 2.28. The number of nitrogens with zero attached hydrogens (tertiary/aromatic N) is 2. The molecule has 1 N–H and O–H groups in total. The molecule has 0 atom stereocenters. The Morgan fingerprint density at radius 3 is 2.48 bits per heavy atom. The van der Waals surface area contributed by atoms with Crippen LogP contribution in [0.15, 0.2) is 60.8 Å². The molecule has 0 bridgehead atoms. The van der Waals surface area contributed by atoms with Crippen molar-refractivity contribution >= 4 is 11.4 Å². The van der Waals surface area contributed by atoms with E-state index in [2.05, 4.69) is 46.5 Å². The number of rotatable bonds is 3. The van der Waals surface area contributed by atoms with E-state index in [1.165, 1.54) is 5.56 Å². The van der Waals surface area contributed by atoms with Crippen molar-refractivity contribution in [1.29, 1.82) is 0 Å². The zero-order valence-electron chi connectivity index (χ0n) is 12.2. The minimum absolute atomic E-state index is 0.769. The fourth-order valence-corrected chi connectivity index (χ4v) is 2.25. The molecular weight excluding hydrogens is 258 g/mol. The fraction of sp³-hybridized carbons (Fsp3) is 0.111. The molecule has 1 heterocycles. The van der Waals surface area contributed by atoms with Gasteiger partial charge in [0.05, 0.1) is 17.6 Å². The minimum atomic E-state index is 0.769. The van der Waals surface area contributed by atoms with Crippen LogP contribution < -0.4 is 5.32 Å². The van der Waals surface area contributed by atoms with Crippen LogP contribution in [0, 0.1) is 13.8 Å². The largest absolute Gasteiger partial charge is 0.352 e. The fourth-order valence-electron chi connectivity index (χ4n) is 2.25. The first-order chi connectivity index (χ1) is 10.2. The summed E-state index contributed by atoms with van der Waals surface area (Å²) in [5.41, 5.74) is 5.18. The van der Waals surface area contributed by atoms with Crippen molar-refractivity contribution in [2.24, 2.45) is 0 Å². The second-order valence-electron chi connectivity index (χ2n) is 5.04. The third kappa shape index (κ3) is 3.08. The number of para-hydroxylation sites is 1. The first-order valence-electron chi connectivity index (χ1n) is 6.95. The first-order valence-corrected chi connectivity index (χ1v) is 6.95. The maximum atomic E-state index is 4.61. The van der Waals surface area contributed by atoms with Crippen molar-refractivity contribution < 1.29 is 0 Å². The first kappa shape index (κ1) is 13.3. The second kappa shape index (κ2) is 5.75. The van der Waals surface area contributed by atoms with Crippen molar-refractivity contribution in [3.05, 3.63) is 72.2 Å². The molecule has 0 spiro atoms. The summed E-state index contributed by atoms with van der Waals surface area (Å²) in [6.45, 7) is 3.99. The molecule has 0 saturated carbocycles. The summed E-state index contributed by atoms with van der Waals surface area (Å²) in [7, 11) is 0. The molecule has 3 heteroatoms. The van der Waals surface area contributed by atoms with Gasteiger partial charge in [0, 0.05) is 11.3 Å². The van der Waals surface area contributed by atoms with E-state index < -0.39 is 0 Å². The van der Waals surface area contributed by atoms with Gasteiger partial charge < -0.3 is 5.32 Å². The van der Waals surface area contributed by atoms with Crippen LogP contribution in [-0.4, -0.2) is 9.97 Å². The molecule has 0 amide bonds. The van der Waals surface area contributed by atoms with Crippen molar-refractivity contribution in [1.82, 2.24) is 9.97 Å². The van der Waals surface area contributed by atoms with Crippen LogP contribution in [-0.2, 0) is 0 Å². The van der Waals surface area contributed by atoms with Gasteiger partial charge in [-0.05, 0) is 32.0 Å². The van der Waals surface area contributed by atoms with Crippen LogP contribution in [0.2, 0.25) is 0 Å². The van der Waals surface area contributed by atoms with E-state index >= 15 is 0 Å². The lowest BCUT2D eigenvalue weighted by Gasteiger charge is -2.12. The van der Waals surface area contributed by atoms with Crippen LogP contribution in [0.25, 0.3) is 11.3 Å². The van der Waals surface area contributed by atoms with Crippen molar-refractivity contribution in [3.8, 4) is 11.3 Å². The van der Waals surface area contributed by atoms with Crippen LogP contribution in [0.4, 0.5) is 11.4 Å². The lowest BCUT2D eigenvalue weighted by Crippen LogP contribution is -1.99. The maximum Gasteiger partial charge on any atom is 0.126 e. The van der Waals surface area contributed by atoms with Crippen molar-refractivity contribution in [2.45, 2.75) is 13.8 Å². The number of nitrogens with one attached hydrogen (secondary N) is 1. The summed E-state index contributed by atoms with van der Waals surface area (Å²) in [5, 5.41) is 3.39. The highest BCUT2D eigenvalue weighted by molar-refractivity contribution is 5.77. The van der Waals surface area contributed by atoms with Crippen molar-refractivity contribution in [3.63, 3.8) is 0 Å². The van der Waals surface area contributed by atoms with Gasteiger partial charge in [0.1, 0.15) is 5.82 Å². The van der Waals surface area contributed by atoms with E-state index in [0.29, 0.717) is 0 Å². The topological polar surface area (TPSA) is 37.8 Å². The van der Waals surface area contributed by atoms with E-state index in [1.54, 1.807) is 0 Å². The minimum Gasteiger partial charge on any atom is -0.352 e. The Morgan fingerprint density at radius 2 is 1.71 bits per heavy atom. The molecule has 0 aliphatic carbocycles. The molecule has 0 saturated heterocycles.